The van der Waals surface area contributed by atoms with Crippen molar-refractivity contribution in [3.8, 4) is 11.5 Å². The first-order chi connectivity index (χ1) is 13.2. The van der Waals surface area contributed by atoms with Gasteiger partial charge in [0.1, 0.15) is 11.5 Å². The standard InChI is InChI=1S/C21H16N2O2S2/c1-26-17-11-6-12-18-19(17)22-21(27-18)23-20(24)14-7-5-10-16(13-14)25-15-8-3-2-4-9-15/h2-13H,1H3,(H,22,23,24). The molecule has 0 atom stereocenters. The Morgan fingerprint density at radius 1 is 1.00 bits per heavy atom. The van der Waals surface area contributed by atoms with Crippen LogP contribution < -0.4 is 10.1 Å². The Bertz CT molecular complexity index is 1090. The van der Waals surface area contributed by atoms with Gasteiger partial charge in [0.2, 0.25) is 0 Å². The van der Waals surface area contributed by atoms with Gasteiger partial charge in [-0.25, -0.2) is 4.98 Å². The summed E-state index contributed by atoms with van der Waals surface area (Å²) in [6.45, 7) is 0. The number of thioether (sulfide) groups is 1. The molecular weight excluding hydrogens is 376 g/mol. The van der Waals surface area contributed by atoms with Crippen LogP contribution in [0.5, 0.6) is 11.5 Å². The number of anilines is 1. The van der Waals surface area contributed by atoms with Crippen molar-refractivity contribution in [3.63, 3.8) is 0 Å². The number of ether oxygens (including phenoxy) is 1. The molecule has 4 nitrogen and oxygen atoms in total. The highest BCUT2D eigenvalue weighted by molar-refractivity contribution is 7.98. The molecule has 0 saturated carbocycles. The lowest BCUT2D eigenvalue weighted by atomic mass is 10.2. The molecule has 4 rings (SSSR count). The lowest BCUT2D eigenvalue weighted by Gasteiger charge is -2.07. The van der Waals surface area contributed by atoms with Crippen LogP contribution in [-0.2, 0) is 0 Å². The molecule has 6 heteroatoms. The molecule has 134 valence electrons. The first-order valence-corrected chi connectivity index (χ1v) is 10.3. The van der Waals surface area contributed by atoms with Crippen LogP contribution in [0.15, 0.2) is 77.7 Å². The maximum atomic E-state index is 12.6. The van der Waals surface area contributed by atoms with Crippen LogP contribution >= 0.6 is 23.1 Å². The summed E-state index contributed by atoms with van der Waals surface area (Å²) in [5.74, 6) is 1.13. The summed E-state index contributed by atoms with van der Waals surface area (Å²) in [6, 6.07) is 22.6. The second-order valence-corrected chi connectivity index (χ2v) is 7.60. The largest absolute Gasteiger partial charge is 0.457 e. The van der Waals surface area contributed by atoms with Crippen molar-refractivity contribution >= 4 is 44.4 Å². The molecule has 0 aliphatic heterocycles. The number of hydrogen-bond donors (Lipinski definition) is 1. The van der Waals surface area contributed by atoms with Gasteiger partial charge in [0, 0.05) is 10.5 Å². The summed E-state index contributed by atoms with van der Waals surface area (Å²) in [5.41, 5.74) is 1.44. The molecule has 0 aliphatic carbocycles. The molecule has 27 heavy (non-hydrogen) atoms. The number of para-hydroxylation sites is 2. The van der Waals surface area contributed by atoms with Crippen LogP contribution in [0, 0.1) is 0 Å². The second-order valence-electron chi connectivity index (χ2n) is 5.72. The lowest BCUT2D eigenvalue weighted by Crippen LogP contribution is -2.11. The van der Waals surface area contributed by atoms with Crippen LogP contribution in [0.3, 0.4) is 0 Å². The summed E-state index contributed by atoms with van der Waals surface area (Å²) < 4.78 is 6.86. The van der Waals surface area contributed by atoms with E-state index in [1.807, 2.05) is 60.9 Å². The fourth-order valence-electron chi connectivity index (χ4n) is 2.64. The summed E-state index contributed by atoms with van der Waals surface area (Å²) in [6.07, 6.45) is 2.02. The van der Waals surface area contributed by atoms with Gasteiger partial charge in [-0.15, -0.1) is 11.8 Å². The molecule has 1 N–H and O–H groups in total. The molecule has 0 bridgehead atoms. The van der Waals surface area contributed by atoms with Crippen molar-refractivity contribution in [2.75, 3.05) is 11.6 Å². The van der Waals surface area contributed by atoms with E-state index in [4.69, 9.17) is 4.74 Å². The van der Waals surface area contributed by atoms with Gasteiger partial charge in [-0.2, -0.15) is 0 Å². The average molecular weight is 393 g/mol. The first kappa shape index (κ1) is 17.6. The van der Waals surface area contributed by atoms with Crippen molar-refractivity contribution < 1.29 is 9.53 Å². The van der Waals surface area contributed by atoms with Crippen LogP contribution in [-0.4, -0.2) is 17.1 Å². The zero-order valence-corrected chi connectivity index (χ0v) is 16.1. The third kappa shape index (κ3) is 3.97. The summed E-state index contributed by atoms with van der Waals surface area (Å²) >= 11 is 3.11. The predicted molar refractivity (Wildman–Crippen MR) is 112 cm³/mol. The minimum absolute atomic E-state index is 0.210. The molecule has 1 amide bonds. The summed E-state index contributed by atoms with van der Waals surface area (Å²) in [7, 11) is 0. The molecular formula is C21H16N2O2S2. The molecule has 0 radical (unpaired) electrons. The third-order valence-corrected chi connectivity index (χ3v) is 5.60. The average Bonchev–Trinajstić information content (AvgIpc) is 3.11. The number of amides is 1. The highest BCUT2D eigenvalue weighted by atomic mass is 32.2. The maximum Gasteiger partial charge on any atom is 0.257 e. The number of rotatable bonds is 5. The van der Waals surface area contributed by atoms with Crippen molar-refractivity contribution in [2.24, 2.45) is 0 Å². The molecule has 1 heterocycles. The van der Waals surface area contributed by atoms with E-state index >= 15 is 0 Å². The van der Waals surface area contributed by atoms with Crippen molar-refractivity contribution in [2.45, 2.75) is 4.90 Å². The first-order valence-electron chi connectivity index (χ1n) is 8.31. The summed E-state index contributed by atoms with van der Waals surface area (Å²) in [5, 5.41) is 3.48. The Morgan fingerprint density at radius 2 is 1.78 bits per heavy atom. The molecule has 4 aromatic rings. The number of aromatic nitrogens is 1. The number of carbonyl (C=O) groups excluding carboxylic acids is 1. The van der Waals surface area contributed by atoms with Gasteiger partial charge in [-0.1, -0.05) is 41.7 Å². The van der Waals surface area contributed by atoms with Gasteiger partial charge >= 0.3 is 0 Å². The van der Waals surface area contributed by atoms with Gasteiger partial charge in [0.05, 0.1) is 10.2 Å². The highest BCUT2D eigenvalue weighted by Crippen LogP contribution is 2.32. The molecule has 1 aromatic heterocycles. The molecule has 0 unspecified atom stereocenters. The lowest BCUT2D eigenvalue weighted by molar-refractivity contribution is 0.102. The number of benzene rings is 3. The van der Waals surface area contributed by atoms with Gasteiger partial charge in [0.15, 0.2) is 5.13 Å². The number of fused-ring (bicyclic) bond motifs is 1. The molecule has 0 aliphatic rings. The smallest absolute Gasteiger partial charge is 0.257 e. The van der Waals surface area contributed by atoms with E-state index in [-0.39, 0.29) is 5.91 Å². The Morgan fingerprint density at radius 3 is 2.59 bits per heavy atom. The SMILES string of the molecule is CSc1cccc2sc(NC(=O)c3cccc(Oc4ccccc4)c3)nc12. The number of nitrogens with one attached hydrogen (secondary N) is 1. The number of nitrogens with zero attached hydrogens (tertiary/aromatic N) is 1. The second kappa shape index (κ2) is 7.82. The Balaban J connectivity index is 1.54. The normalized spacial score (nSPS) is 10.7. The quantitative estimate of drug-likeness (QED) is 0.419. The molecule has 0 fully saturated rings. The maximum absolute atomic E-state index is 12.6. The summed E-state index contributed by atoms with van der Waals surface area (Å²) in [4.78, 5) is 18.3. The topological polar surface area (TPSA) is 51.2 Å². The van der Waals surface area contributed by atoms with Crippen molar-refractivity contribution in [1.82, 2.24) is 4.98 Å². The number of carbonyl (C=O) groups is 1. The van der Waals surface area contributed by atoms with Gasteiger partial charge in [-0.05, 0) is 48.7 Å². The van der Waals surface area contributed by atoms with Crippen molar-refractivity contribution in [3.05, 3.63) is 78.4 Å². The minimum Gasteiger partial charge on any atom is -0.457 e. The van der Waals surface area contributed by atoms with Crippen LogP contribution in [0.1, 0.15) is 10.4 Å². The van der Waals surface area contributed by atoms with E-state index < -0.39 is 0 Å². The van der Waals surface area contributed by atoms with Gasteiger partial charge in [-0.3, -0.25) is 10.1 Å². The molecule has 3 aromatic carbocycles. The van der Waals surface area contributed by atoms with Crippen LogP contribution in [0.2, 0.25) is 0 Å². The number of thiazole rings is 1. The zero-order chi connectivity index (χ0) is 18.6. The zero-order valence-electron chi connectivity index (χ0n) is 14.5. The van der Waals surface area contributed by atoms with Crippen molar-refractivity contribution in [1.29, 1.82) is 0 Å². The Kier molecular flexibility index (Phi) is 5.09. The third-order valence-electron chi connectivity index (χ3n) is 3.90. The van der Waals surface area contributed by atoms with E-state index in [1.165, 1.54) is 11.3 Å². The monoisotopic (exact) mass is 392 g/mol. The fourth-order valence-corrected chi connectivity index (χ4v) is 4.15. The van der Waals surface area contributed by atoms with E-state index in [0.717, 1.165) is 20.9 Å². The number of hydrogen-bond acceptors (Lipinski definition) is 5. The van der Waals surface area contributed by atoms with E-state index in [1.54, 1.807) is 30.0 Å². The van der Waals surface area contributed by atoms with E-state index in [0.29, 0.717) is 16.4 Å². The Labute approximate surface area is 165 Å². The van der Waals surface area contributed by atoms with Crippen LogP contribution in [0.25, 0.3) is 10.2 Å². The van der Waals surface area contributed by atoms with Crippen LogP contribution in [0.4, 0.5) is 5.13 Å². The van der Waals surface area contributed by atoms with Gasteiger partial charge in [0.25, 0.3) is 5.91 Å². The fraction of sp³-hybridized carbons (Fsp3) is 0.0476. The molecule has 0 saturated heterocycles. The highest BCUT2D eigenvalue weighted by Gasteiger charge is 2.12. The van der Waals surface area contributed by atoms with Gasteiger partial charge < -0.3 is 4.74 Å². The Hall–Kier alpha value is -2.83. The van der Waals surface area contributed by atoms with E-state index in [2.05, 4.69) is 10.3 Å². The minimum atomic E-state index is -0.210. The van der Waals surface area contributed by atoms with E-state index in [9.17, 15) is 4.79 Å². The predicted octanol–water partition coefficient (Wildman–Crippen LogP) is 6.06. The molecule has 0 spiro atoms.